The van der Waals surface area contributed by atoms with Gasteiger partial charge in [-0.1, -0.05) is 15.9 Å². The summed E-state index contributed by atoms with van der Waals surface area (Å²) in [5.74, 6) is -0.0637. The third-order valence-corrected chi connectivity index (χ3v) is 8.08. The number of aromatic nitrogens is 8. The second kappa shape index (κ2) is 27.8. The maximum absolute atomic E-state index is 12.8. The van der Waals surface area contributed by atoms with Gasteiger partial charge >= 0.3 is 48.1 Å². The molecule has 5 aromatic rings. The quantitative estimate of drug-likeness (QED) is 0.0209. The first-order valence-corrected chi connectivity index (χ1v) is 19.1. The van der Waals surface area contributed by atoms with Gasteiger partial charge in [-0.25, -0.2) is 0 Å². The molecule has 5 rings (SSSR count). The Morgan fingerprint density at radius 1 is 0.625 bits per heavy atom. The van der Waals surface area contributed by atoms with Crippen molar-refractivity contribution in [2.24, 2.45) is 0 Å². The summed E-state index contributed by atoms with van der Waals surface area (Å²) >= 11 is 3.15. The number of benzene rings is 3. The molecule has 3 aromatic carbocycles. The fourth-order valence-corrected chi connectivity index (χ4v) is 5.24. The smallest absolute Gasteiger partial charge is 0.399 e. The summed E-state index contributed by atoms with van der Waals surface area (Å²) in [5, 5.41) is 39.2. The number of nitrogens with two attached hydrogens (primary N) is 1. The SMILES string of the molecule is CCOC(C)(OCC)OCC.Cc1nnnn1-c1cc(CBr)cc(C(F)(F)F)c1.Cc1nnnn1-c1cc(CO)cc(C(F)(F)F)c1.Nc1cc(CO)cc(C(F)(F)F)c1.[N-]=[N+]=[N-].[Na+]. The Morgan fingerprint density at radius 2 is 0.953 bits per heavy atom. The summed E-state index contributed by atoms with van der Waals surface area (Å²) in [6, 6.07) is 9.95. The molecule has 0 fully saturated rings. The Hall–Kier alpha value is -4.44. The zero-order chi connectivity index (χ0) is 48.2. The summed E-state index contributed by atoms with van der Waals surface area (Å²) in [7, 11) is 0. The number of hydrogen-bond acceptors (Lipinski definition) is 12. The van der Waals surface area contributed by atoms with Gasteiger partial charge in [-0.15, -0.1) is 10.2 Å². The molecule has 348 valence electrons. The minimum atomic E-state index is -4.48. The molecular formula is C36H43BrF9N12NaO5. The average Bonchev–Trinajstić information content (AvgIpc) is 3.85. The maximum Gasteiger partial charge on any atom is 1.00 e. The van der Waals surface area contributed by atoms with Crippen molar-refractivity contribution in [1.29, 1.82) is 0 Å². The van der Waals surface area contributed by atoms with Crippen LogP contribution in [0, 0.1) is 13.8 Å². The van der Waals surface area contributed by atoms with Crippen LogP contribution in [0.2, 0.25) is 0 Å². The number of aliphatic hydroxyl groups excluding tert-OH is 2. The number of aryl methyl sites for hydroxylation is 2. The van der Waals surface area contributed by atoms with Crippen LogP contribution in [0.5, 0.6) is 0 Å². The molecule has 17 nitrogen and oxygen atoms in total. The van der Waals surface area contributed by atoms with Crippen molar-refractivity contribution in [2.45, 2.75) is 84.6 Å². The molecule has 0 unspecified atom stereocenters. The van der Waals surface area contributed by atoms with Gasteiger partial charge in [0, 0.05) is 37.8 Å². The number of rotatable bonds is 11. The molecule has 0 aliphatic rings. The largest absolute Gasteiger partial charge is 1.00 e. The number of aliphatic hydroxyl groups is 2. The fourth-order valence-electron chi connectivity index (χ4n) is 4.91. The molecule has 0 aliphatic heterocycles. The van der Waals surface area contributed by atoms with E-state index in [-0.39, 0.29) is 52.1 Å². The van der Waals surface area contributed by atoms with E-state index in [0.29, 0.717) is 48.1 Å². The van der Waals surface area contributed by atoms with Crippen LogP contribution in [0.1, 0.15) is 72.7 Å². The second-order valence-corrected chi connectivity index (χ2v) is 12.8. The molecule has 0 bridgehead atoms. The van der Waals surface area contributed by atoms with E-state index in [2.05, 4.69) is 47.0 Å². The van der Waals surface area contributed by atoms with Gasteiger partial charge in [0.1, 0.15) is 0 Å². The number of ether oxygens (including phenoxy) is 3. The van der Waals surface area contributed by atoms with E-state index in [1.807, 2.05) is 20.8 Å². The Labute approximate surface area is 390 Å². The first-order chi connectivity index (χ1) is 29.4. The van der Waals surface area contributed by atoms with Crippen molar-refractivity contribution in [3.8, 4) is 11.4 Å². The van der Waals surface area contributed by atoms with E-state index in [9.17, 15) is 39.5 Å². The van der Waals surface area contributed by atoms with Crippen LogP contribution < -0.4 is 35.3 Å². The normalized spacial score (nSPS) is 11.2. The van der Waals surface area contributed by atoms with Gasteiger partial charge in [0.2, 0.25) is 0 Å². The topological polar surface area (TPSA) is 240 Å². The van der Waals surface area contributed by atoms with Crippen LogP contribution in [-0.2, 0) is 51.3 Å². The summed E-state index contributed by atoms with van der Waals surface area (Å²) in [6.07, 6.45) is -13.3. The molecule has 0 spiro atoms. The number of halogens is 10. The van der Waals surface area contributed by atoms with E-state index in [0.717, 1.165) is 36.4 Å². The van der Waals surface area contributed by atoms with Gasteiger partial charge in [-0.3, -0.25) is 4.91 Å². The summed E-state index contributed by atoms with van der Waals surface area (Å²) in [4.78, 5) is 1.50. The van der Waals surface area contributed by atoms with Crippen molar-refractivity contribution in [1.82, 2.24) is 40.4 Å². The van der Waals surface area contributed by atoms with E-state index in [1.54, 1.807) is 26.8 Å². The Bertz CT molecular complexity index is 2070. The number of anilines is 1. The minimum Gasteiger partial charge on any atom is -0.399 e. The standard InChI is InChI=1S/C10H8BrF3N4.C10H9F3N4O.C8H8F3NO.C8H18O3.N3.Na/c1-6-15-16-17-18(6)9-3-7(5-11)2-8(4-9)10(12,13)14;1-6-14-15-16-17(6)9-3-7(5-18)2-8(4-9)10(11,12)13;9-8(10,11)6-1-5(4-13)2-7(12)3-6;1-5-9-8(4,10-6-2)11-7-3;1-3-2;/h2-4H,5H2,1H3;2-4,18H,5H2,1H3;1-3,13H,4,12H2;5-7H2,1-4H3;;/q;;;;-1;+1. The summed E-state index contributed by atoms with van der Waals surface area (Å²) in [6.45, 7) is 11.6. The van der Waals surface area contributed by atoms with Gasteiger partial charge < -0.3 is 41.2 Å². The fraction of sp³-hybridized carbons (Fsp3) is 0.444. The molecule has 0 amide bonds. The zero-order valence-electron chi connectivity index (χ0n) is 35.3. The van der Waals surface area contributed by atoms with E-state index < -0.39 is 54.4 Å². The number of alkyl halides is 10. The molecule has 0 aliphatic carbocycles. The third kappa shape index (κ3) is 20.2. The molecule has 2 aromatic heterocycles. The average molecular weight is 998 g/mol. The number of hydrogen-bond donors (Lipinski definition) is 3. The van der Waals surface area contributed by atoms with Crippen LogP contribution >= 0.6 is 15.9 Å². The molecule has 0 saturated heterocycles. The Balaban J connectivity index is 0.000000821. The predicted molar refractivity (Wildman–Crippen MR) is 211 cm³/mol. The molecule has 0 radical (unpaired) electrons. The molecule has 28 heteroatoms. The van der Waals surface area contributed by atoms with Crippen molar-refractivity contribution in [3.05, 3.63) is 116 Å². The minimum absolute atomic E-state index is 0. The molecule has 0 atom stereocenters. The van der Waals surface area contributed by atoms with Gasteiger partial charge in [-0.2, -0.15) is 48.9 Å². The van der Waals surface area contributed by atoms with Gasteiger partial charge in [0.15, 0.2) is 11.6 Å². The van der Waals surface area contributed by atoms with Crippen LogP contribution in [0.4, 0.5) is 45.2 Å². The van der Waals surface area contributed by atoms with Gasteiger partial charge in [0.05, 0.1) is 41.3 Å². The second-order valence-electron chi connectivity index (χ2n) is 12.2. The summed E-state index contributed by atoms with van der Waals surface area (Å²) < 4.78 is 131. The number of nitrogen functional groups attached to an aromatic ring is 1. The van der Waals surface area contributed by atoms with Crippen LogP contribution in [0.25, 0.3) is 27.3 Å². The van der Waals surface area contributed by atoms with Crippen molar-refractivity contribution >= 4 is 21.6 Å². The molecule has 4 N–H and O–H groups in total. The molecular weight excluding hydrogens is 954 g/mol. The number of tetrazole rings is 2. The van der Waals surface area contributed by atoms with E-state index in [4.69, 9.17) is 41.2 Å². The van der Waals surface area contributed by atoms with Crippen LogP contribution in [-0.4, -0.2) is 76.4 Å². The zero-order valence-corrected chi connectivity index (χ0v) is 38.9. The predicted octanol–water partition coefficient (Wildman–Crippen LogP) is 5.79. The Kier molecular flexibility index (Phi) is 25.9. The number of nitrogens with zero attached hydrogens (tertiary/aromatic N) is 11. The van der Waals surface area contributed by atoms with Gasteiger partial charge in [0.25, 0.3) is 5.97 Å². The molecule has 64 heavy (non-hydrogen) atoms. The first kappa shape index (κ1) is 59.6. The van der Waals surface area contributed by atoms with Crippen molar-refractivity contribution < 1.29 is 93.5 Å². The van der Waals surface area contributed by atoms with E-state index >= 15 is 0 Å². The Morgan fingerprint density at radius 3 is 1.25 bits per heavy atom. The van der Waals surface area contributed by atoms with Crippen LogP contribution in [0.15, 0.2) is 54.6 Å². The first-order valence-electron chi connectivity index (χ1n) is 17.9. The van der Waals surface area contributed by atoms with E-state index in [1.165, 1.54) is 26.4 Å². The molecule has 2 heterocycles. The third-order valence-electron chi connectivity index (χ3n) is 7.43. The van der Waals surface area contributed by atoms with Crippen molar-refractivity contribution in [2.75, 3.05) is 25.6 Å². The molecule has 0 saturated carbocycles. The van der Waals surface area contributed by atoms with Crippen molar-refractivity contribution in [3.63, 3.8) is 0 Å². The van der Waals surface area contributed by atoms with Crippen LogP contribution in [0.3, 0.4) is 0 Å². The maximum atomic E-state index is 12.8. The van der Waals surface area contributed by atoms with Gasteiger partial charge in [-0.05, 0) is 127 Å². The summed E-state index contributed by atoms with van der Waals surface area (Å²) in [5.41, 5.74) is 17.6. The monoisotopic (exact) mass is 996 g/mol.